The van der Waals surface area contributed by atoms with Crippen molar-refractivity contribution >= 4 is 73.1 Å². The molecule has 4 aromatic carbocycles. The summed E-state index contributed by atoms with van der Waals surface area (Å²) in [4.78, 5) is 9.70. The minimum absolute atomic E-state index is 0.00939. The number of hydrogen-bond donors (Lipinski definition) is 0. The van der Waals surface area contributed by atoms with Crippen molar-refractivity contribution in [3.05, 3.63) is 132 Å². The van der Waals surface area contributed by atoms with E-state index in [1.807, 2.05) is 24.5 Å². The molecule has 5 heterocycles. The molecule has 0 fully saturated rings. The van der Waals surface area contributed by atoms with Gasteiger partial charge in [0.25, 0.3) is 0 Å². The summed E-state index contributed by atoms with van der Waals surface area (Å²) in [5, 5.41) is 14.3. The summed E-state index contributed by atoms with van der Waals surface area (Å²) in [6, 6.07) is 36.7. The van der Waals surface area contributed by atoms with Gasteiger partial charge in [0.05, 0.1) is 0 Å². The Labute approximate surface area is 271 Å². The average Bonchev–Trinajstić information content (AvgIpc) is 3.65. The number of hydrogen-bond acceptors (Lipinski definition) is 4. The third-order valence-electron chi connectivity index (χ3n) is 8.88. The first-order valence-corrected chi connectivity index (χ1v) is 17.0. The summed E-state index contributed by atoms with van der Waals surface area (Å²) in [6.45, 7) is 6.44. The number of fused-ring (bicyclic) bond motifs is 9. The summed E-state index contributed by atoms with van der Waals surface area (Å²) >= 11 is 0.00939. The van der Waals surface area contributed by atoms with Gasteiger partial charge in [-0.2, -0.15) is 0 Å². The van der Waals surface area contributed by atoms with E-state index >= 15 is 0 Å². The van der Waals surface area contributed by atoms with Crippen molar-refractivity contribution < 1.29 is 0 Å². The Balaban J connectivity index is 1.24. The van der Waals surface area contributed by atoms with Gasteiger partial charge in [0.1, 0.15) is 0 Å². The summed E-state index contributed by atoms with van der Waals surface area (Å²) in [5.74, 6) is 1.78. The number of benzene rings is 4. The van der Waals surface area contributed by atoms with Gasteiger partial charge in [-0.05, 0) is 0 Å². The molecule has 0 N–H and O–H groups in total. The Morgan fingerprint density at radius 1 is 0.587 bits per heavy atom. The molecule has 7 heteroatoms. The van der Waals surface area contributed by atoms with Gasteiger partial charge in [-0.15, -0.1) is 0 Å². The second-order valence-corrected chi connectivity index (χ2v) is 14.3. The van der Waals surface area contributed by atoms with Crippen LogP contribution in [0, 0.1) is 20.8 Å². The van der Waals surface area contributed by atoms with E-state index in [0.717, 1.165) is 55.7 Å². The zero-order chi connectivity index (χ0) is 30.9. The van der Waals surface area contributed by atoms with Crippen LogP contribution in [-0.4, -0.2) is 44.1 Å². The first-order valence-electron chi connectivity index (χ1n) is 15.3. The summed E-state index contributed by atoms with van der Waals surface area (Å²) < 4.78 is 6.94. The van der Waals surface area contributed by atoms with E-state index in [0.29, 0.717) is 0 Å². The Morgan fingerprint density at radius 2 is 1.41 bits per heavy atom. The van der Waals surface area contributed by atoms with Crippen molar-refractivity contribution in [1.82, 2.24) is 29.1 Å². The van der Waals surface area contributed by atoms with E-state index in [1.54, 1.807) is 0 Å². The monoisotopic (exact) mass is 660 g/mol. The van der Waals surface area contributed by atoms with Crippen LogP contribution >= 0.6 is 0 Å². The molecule has 0 radical (unpaired) electrons. The molecule has 0 amide bonds. The van der Waals surface area contributed by atoms with Crippen LogP contribution in [0.1, 0.15) is 16.7 Å². The van der Waals surface area contributed by atoms with Crippen molar-refractivity contribution in [3.63, 3.8) is 0 Å². The first kappa shape index (κ1) is 27.0. The van der Waals surface area contributed by atoms with Crippen LogP contribution in [-0.2, 0) is 0 Å². The zero-order valence-electron chi connectivity index (χ0n) is 25.6. The molecule has 0 unspecified atom stereocenters. The van der Waals surface area contributed by atoms with Crippen LogP contribution in [0.15, 0.2) is 116 Å². The topological polar surface area (TPSA) is 60.9 Å². The van der Waals surface area contributed by atoms with Crippen molar-refractivity contribution in [3.8, 4) is 17.2 Å². The summed E-state index contributed by atoms with van der Waals surface area (Å²) in [6.07, 6.45) is 3.88. The molecule has 5 aromatic heterocycles. The van der Waals surface area contributed by atoms with Crippen LogP contribution in [0.5, 0.6) is 0 Å². The number of aromatic nitrogens is 6. The van der Waals surface area contributed by atoms with E-state index in [2.05, 4.69) is 126 Å². The predicted molar refractivity (Wildman–Crippen MR) is 189 cm³/mol. The molecule has 0 bridgehead atoms. The first-order chi connectivity index (χ1) is 22.5. The van der Waals surface area contributed by atoms with Crippen LogP contribution in [0.3, 0.4) is 0 Å². The van der Waals surface area contributed by atoms with Gasteiger partial charge >= 0.3 is 272 Å². The molecule has 0 aliphatic rings. The number of nitrogens with zero attached hydrogens (tertiary/aromatic N) is 6. The average molecular weight is 660 g/mol. The molecule has 9 aromatic rings. The Kier molecular flexibility index (Phi) is 6.07. The van der Waals surface area contributed by atoms with Gasteiger partial charge in [0.2, 0.25) is 0 Å². The number of pyridine rings is 3. The van der Waals surface area contributed by atoms with Crippen LogP contribution in [0.2, 0.25) is 0 Å². The third-order valence-corrected chi connectivity index (χ3v) is 10.9. The van der Waals surface area contributed by atoms with Crippen LogP contribution in [0.25, 0.3) is 66.5 Å². The molecule has 0 aliphatic carbocycles. The second kappa shape index (κ2) is 10.3. The standard InChI is InChI=1S/C39H28N6Se/c1-23-14-16-29-28-17-15-26(20-31(28)38-42-43-39(45(38)33(29)19-23)36-24(2)9-8-10-25(36)3)46-27-21-34-37(41-22-27)30-11-4-5-12-32(30)44(34)35-13-6-7-18-40-35/h4-22H,1-3H3. The van der Waals surface area contributed by atoms with Crippen LogP contribution in [0.4, 0.5) is 0 Å². The molecule has 0 spiro atoms. The van der Waals surface area contributed by atoms with Gasteiger partial charge in [-0.3, -0.25) is 0 Å². The van der Waals surface area contributed by atoms with E-state index in [-0.39, 0.29) is 15.0 Å². The quantitative estimate of drug-likeness (QED) is 0.149. The molecule has 46 heavy (non-hydrogen) atoms. The second-order valence-electron chi connectivity index (χ2n) is 11.9. The molecule has 0 atom stereocenters. The summed E-state index contributed by atoms with van der Waals surface area (Å²) in [7, 11) is 0. The maximum absolute atomic E-state index is 5.01. The minimum atomic E-state index is 0.00939. The van der Waals surface area contributed by atoms with E-state index < -0.39 is 0 Å². The van der Waals surface area contributed by atoms with Crippen LogP contribution < -0.4 is 8.92 Å². The molecule has 0 aliphatic heterocycles. The van der Waals surface area contributed by atoms with Gasteiger partial charge in [0.15, 0.2) is 0 Å². The van der Waals surface area contributed by atoms with Gasteiger partial charge in [-0.25, -0.2) is 0 Å². The SMILES string of the molecule is Cc1ccc2c3ccc([Se]c4cnc5c6ccccc6n(-c6ccccn6)c5c4)cc3c3nnc(-c4c(C)cccc4C)n3c2c1. The molecule has 6 nitrogen and oxygen atoms in total. The fraction of sp³-hybridized carbons (Fsp3) is 0.0769. The number of rotatable bonds is 4. The van der Waals surface area contributed by atoms with Crippen molar-refractivity contribution in [2.45, 2.75) is 20.8 Å². The van der Waals surface area contributed by atoms with Gasteiger partial charge in [-0.1, -0.05) is 0 Å². The zero-order valence-corrected chi connectivity index (χ0v) is 27.3. The molecule has 0 saturated carbocycles. The third kappa shape index (κ3) is 4.09. The Bertz CT molecular complexity index is 2630. The van der Waals surface area contributed by atoms with Crippen molar-refractivity contribution in [2.24, 2.45) is 0 Å². The van der Waals surface area contributed by atoms with Gasteiger partial charge < -0.3 is 0 Å². The molecule has 9 rings (SSSR count). The van der Waals surface area contributed by atoms with Gasteiger partial charge in [0, 0.05) is 0 Å². The number of aryl methyl sites for hydroxylation is 3. The Morgan fingerprint density at radius 3 is 2.26 bits per heavy atom. The van der Waals surface area contributed by atoms with E-state index in [4.69, 9.17) is 15.2 Å². The maximum atomic E-state index is 5.01. The fourth-order valence-electron chi connectivity index (χ4n) is 6.81. The molecular weight excluding hydrogens is 631 g/mol. The van der Waals surface area contributed by atoms with Crippen molar-refractivity contribution in [1.29, 1.82) is 0 Å². The fourth-order valence-corrected chi connectivity index (χ4v) is 8.62. The Hall–Kier alpha value is -5.36. The van der Waals surface area contributed by atoms with Crippen molar-refractivity contribution in [2.75, 3.05) is 0 Å². The molecular formula is C39H28N6Se. The molecule has 0 saturated heterocycles. The van der Waals surface area contributed by atoms with E-state index in [9.17, 15) is 0 Å². The predicted octanol–water partition coefficient (Wildman–Crippen LogP) is 7.17. The normalized spacial score (nSPS) is 11.9. The molecule has 220 valence electrons. The summed E-state index contributed by atoms with van der Waals surface area (Å²) in [5.41, 5.74) is 9.91. The number of para-hydroxylation sites is 1. The van der Waals surface area contributed by atoms with E-state index in [1.165, 1.54) is 36.4 Å².